The number of hydrogen-bond donors (Lipinski definition) is 0. The molecule has 28 heavy (non-hydrogen) atoms. The van der Waals surface area contributed by atoms with Gasteiger partial charge in [-0.05, 0) is 37.1 Å². The molecule has 2 aliphatic heterocycles. The summed E-state index contributed by atoms with van der Waals surface area (Å²) in [6.45, 7) is 4.40. The zero-order chi connectivity index (χ0) is 19.9. The van der Waals surface area contributed by atoms with E-state index in [1.807, 2.05) is 30.0 Å². The minimum absolute atomic E-state index is 0.0753. The number of carbonyl (C=O) groups excluding carboxylic acids is 1. The van der Waals surface area contributed by atoms with Crippen molar-refractivity contribution in [3.05, 3.63) is 46.3 Å². The fraction of sp³-hybridized carbons (Fsp3) is 0.421. The predicted octanol–water partition coefficient (Wildman–Crippen LogP) is 2.69. The summed E-state index contributed by atoms with van der Waals surface area (Å²) in [6.07, 6.45) is 0.879. The van der Waals surface area contributed by atoms with E-state index in [1.54, 1.807) is 12.1 Å². The van der Waals surface area contributed by atoms with Crippen LogP contribution in [-0.2, 0) is 21.2 Å². The maximum atomic E-state index is 13.0. The quantitative estimate of drug-likeness (QED) is 0.734. The van der Waals surface area contributed by atoms with Gasteiger partial charge in [-0.15, -0.1) is 11.3 Å². The number of nitrogens with zero attached hydrogens (tertiary/aromatic N) is 3. The number of hydrogen-bond acceptors (Lipinski definition) is 5. The van der Waals surface area contributed by atoms with Crippen LogP contribution in [0.2, 0.25) is 4.34 Å². The van der Waals surface area contributed by atoms with Gasteiger partial charge in [0, 0.05) is 38.4 Å². The Kier molecular flexibility index (Phi) is 5.50. The first-order valence-electron chi connectivity index (χ1n) is 9.27. The summed E-state index contributed by atoms with van der Waals surface area (Å²) in [5, 5.41) is 0. The highest BCUT2D eigenvalue weighted by Gasteiger charge is 2.35. The molecule has 1 unspecified atom stereocenters. The van der Waals surface area contributed by atoms with Gasteiger partial charge in [0.1, 0.15) is 4.21 Å². The maximum Gasteiger partial charge on any atom is 0.252 e. The fourth-order valence-electron chi connectivity index (χ4n) is 3.84. The van der Waals surface area contributed by atoms with Crippen LogP contribution in [0.5, 0.6) is 0 Å². The molecule has 3 heterocycles. The van der Waals surface area contributed by atoms with E-state index in [0.717, 1.165) is 23.4 Å². The fourth-order valence-corrected chi connectivity index (χ4v) is 6.90. The monoisotopic (exact) mass is 439 g/mol. The molecule has 1 aromatic carbocycles. The van der Waals surface area contributed by atoms with Crippen molar-refractivity contribution in [1.29, 1.82) is 0 Å². The molecule has 6 nitrogen and oxygen atoms in total. The third-order valence-corrected chi connectivity index (χ3v) is 9.07. The van der Waals surface area contributed by atoms with Crippen LogP contribution in [0.1, 0.15) is 12.5 Å². The minimum atomic E-state index is -3.52. The number of piperazine rings is 1. The molecule has 1 aromatic heterocycles. The number of benzene rings is 1. The smallest absolute Gasteiger partial charge is 0.252 e. The molecule has 150 valence electrons. The van der Waals surface area contributed by atoms with Gasteiger partial charge in [-0.3, -0.25) is 9.69 Å². The first kappa shape index (κ1) is 19.8. The molecule has 0 spiro atoms. The summed E-state index contributed by atoms with van der Waals surface area (Å²) in [4.78, 5) is 17.0. The lowest BCUT2D eigenvalue weighted by atomic mass is 10.1. The number of amides is 1. The molecule has 2 aromatic rings. The van der Waals surface area contributed by atoms with Crippen molar-refractivity contribution < 1.29 is 13.2 Å². The van der Waals surface area contributed by atoms with Crippen molar-refractivity contribution in [3.8, 4) is 0 Å². The Balaban J connectivity index is 1.40. The van der Waals surface area contributed by atoms with Crippen LogP contribution >= 0.6 is 22.9 Å². The lowest BCUT2D eigenvalue weighted by Crippen LogP contribution is -2.55. The molecule has 9 heteroatoms. The molecule has 2 aliphatic rings. The Morgan fingerprint density at radius 1 is 1.07 bits per heavy atom. The molecule has 1 atom stereocenters. The SMILES string of the molecule is CC(C(=O)N1CCc2ccccc21)N1CCN(S(=O)(=O)c2ccc(Cl)s2)CC1. The van der Waals surface area contributed by atoms with Crippen LogP contribution < -0.4 is 4.90 Å². The van der Waals surface area contributed by atoms with Crippen molar-refractivity contribution in [3.63, 3.8) is 0 Å². The molecule has 0 aliphatic carbocycles. The molecular weight excluding hydrogens is 418 g/mol. The van der Waals surface area contributed by atoms with Crippen molar-refractivity contribution in [1.82, 2.24) is 9.21 Å². The summed E-state index contributed by atoms with van der Waals surface area (Å²) < 4.78 is 27.7. The number of anilines is 1. The highest BCUT2D eigenvalue weighted by molar-refractivity contribution is 7.91. The van der Waals surface area contributed by atoms with E-state index < -0.39 is 10.0 Å². The van der Waals surface area contributed by atoms with Crippen molar-refractivity contribution in [2.45, 2.75) is 23.6 Å². The normalized spacial score (nSPS) is 19.6. The predicted molar refractivity (Wildman–Crippen MR) is 112 cm³/mol. The zero-order valence-corrected chi connectivity index (χ0v) is 17.9. The van der Waals surface area contributed by atoms with Gasteiger partial charge in [0.15, 0.2) is 0 Å². The van der Waals surface area contributed by atoms with E-state index in [4.69, 9.17) is 11.6 Å². The van der Waals surface area contributed by atoms with Gasteiger partial charge in [-0.1, -0.05) is 29.8 Å². The van der Waals surface area contributed by atoms with Gasteiger partial charge in [0.2, 0.25) is 5.91 Å². The molecule has 0 radical (unpaired) electrons. The Morgan fingerprint density at radius 2 is 1.79 bits per heavy atom. The van der Waals surface area contributed by atoms with E-state index in [0.29, 0.717) is 37.1 Å². The van der Waals surface area contributed by atoms with Gasteiger partial charge >= 0.3 is 0 Å². The molecule has 1 fully saturated rings. The average molecular weight is 440 g/mol. The lowest BCUT2D eigenvalue weighted by molar-refractivity contribution is -0.123. The third kappa shape index (κ3) is 3.59. The van der Waals surface area contributed by atoms with Crippen LogP contribution in [0.25, 0.3) is 0 Å². The zero-order valence-electron chi connectivity index (χ0n) is 15.5. The average Bonchev–Trinajstić information content (AvgIpc) is 3.33. The van der Waals surface area contributed by atoms with Gasteiger partial charge < -0.3 is 4.90 Å². The second kappa shape index (κ2) is 7.76. The lowest BCUT2D eigenvalue weighted by Gasteiger charge is -2.37. The van der Waals surface area contributed by atoms with Gasteiger partial charge in [-0.25, -0.2) is 8.42 Å². The molecule has 1 saturated heterocycles. The Hall–Kier alpha value is -1.45. The van der Waals surface area contributed by atoms with E-state index in [-0.39, 0.29) is 16.2 Å². The second-order valence-electron chi connectivity index (χ2n) is 7.04. The number of sulfonamides is 1. The number of para-hydroxylation sites is 1. The van der Waals surface area contributed by atoms with Gasteiger partial charge in [-0.2, -0.15) is 4.31 Å². The van der Waals surface area contributed by atoms with Gasteiger partial charge in [0.25, 0.3) is 10.0 Å². The van der Waals surface area contributed by atoms with Crippen LogP contribution in [0.4, 0.5) is 5.69 Å². The highest BCUT2D eigenvalue weighted by atomic mass is 35.5. The number of rotatable bonds is 4. The topological polar surface area (TPSA) is 60.9 Å². The minimum Gasteiger partial charge on any atom is -0.310 e. The summed E-state index contributed by atoms with van der Waals surface area (Å²) >= 11 is 6.96. The summed E-state index contributed by atoms with van der Waals surface area (Å²) in [5.74, 6) is 0.0753. The van der Waals surface area contributed by atoms with E-state index >= 15 is 0 Å². The Bertz CT molecular complexity index is 984. The molecule has 0 N–H and O–H groups in total. The van der Waals surface area contributed by atoms with Crippen LogP contribution in [0.3, 0.4) is 0 Å². The summed E-state index contributed by atoms with van der Waals surface area (Å²) in [7, 11) is -3.52. The Morgan fingerprint density at radius 3 is 2.46 bits per heavy atom. The maximum absolute atomic E-state index is 13.0. The van der Waals surface area contributed by atoms with Crippen molar-refractivity contribution in [2.24, 2.45) is 0 Å². The molecule has 0 bridgehead atoms. The molecular formula is C19H22ClN3O3S2. The summed E-state index contributed by atoms with van der Waals surface area (Å²) in [6, 6.07) is 10.9. The highest BCUT2D eigenvalue weighted by Crippen LogP contribution is 2.30. The van der Waals surface area contributed by atoms with E-state index in [1.165, 1.54) is 9.87 Å². The van der Waals surface area contributed by atoms with Crippen LogP contribution in [0.15, 0.2) is 40.6 Å². The third-order valence-electron chi connectivity index (χ3n) is 5.47. The van der Waals surface area contributed by atoms with Crippen molar-refractivity contribution >= 4 is 44.6 Å². The largest absolute Gasteiger partial charge is 0.310 e. The van der Waals surface area contributed by atoms with Gasteiger partial charge in [0.05, 0.1) is 10.4 Å². The number of carbonyl (C=O) groups is 1. The number of thiophene rings is 1. The van der Waals surface area contributed by atoms with Crippen LogP contribution in [0, 0.1) is 0 Å². The molecule has 0 saturated carbocycles. The van der Waals surface area contributed by atoms with E-state index in [9.17, 15) is 13.2 Å². The molecule has 4 rings (SSSR count). The first-order chi connectivity index (χ1) is 13.4. The standard InChI is InChI=1S/C19H22ClN3O3S2/c1-14(19(24)23-9-8-15-4-2-3-5-16(15)23)21-10-12-22(13-11-21)28(25,26)18-7-6-17(20)27-18/h2-7,14H,8-13H2,1H3. The van der Waals surface area contributed by atoms with E-state index in [2.05, 4.69) is 11.0 Å². The summed E-state index contributed by atoms with van der Waals surface area (Å²) in [5.41, 5.74) is 2.20. The number of halogens is 1. The Labute approximate surface area is 174 Å². The first-order valence-corrected chi connectivity index (χ1v) is 11.9. The van der Waals surface area contributed by atoms with Crippen molar-refractivity contribution in [2.75, 3.05) is 37.6 Å². The van der Waals surface area contributed by atoms with Crippen LogP contribution in [-0.4, -0.2) is 62.3 Å². The number of fused-ring (bicyclic) bond motifs is 1. The molecule has 1 amide bonds. The second-order valence-corrected chi connectivity index (χ2v) is 10.9.